The number of nitrogens with zero attached hydrogens (tertiary/aromatic N) is 1. The molecule has 0 fully saturated rings. The number of carbonyl (C=O) groups is 1. The highest BCUT2D eigenvalue weighted by molar-refractivity contribution is 7.89. The van der Waals surface area contributed by atoms with Crippen molar-refractivity contribution in [1.29, 1.82) is 0 Å². The lowest BCUT2D eigenvalue weighted by molar-refractivity contribution is -0.142. The largest absolute Gasteiger partial charge is 0.497 e. The molecule has 1 N–H and O–H groups in total. The summed E-state index contributed by atoms with van der Waals surface area (Å²) in [5.41, 5.74) is 1.98. The van der Waals surface area contributed by atoms with Gasteiger partial charge in [0.2, 0.25) is 10.0 Å². The third-order valence-corrected chi connectivity index (χ3v) is 6.42. The Morgan fingerprint density at radius 3 is 2.44 bits per heavy atom. The van der Waals surface area contributed by atoms with E-state index in [0.29, 0.717) is 12.2 Å². The highest BCUT2D eigenvalue weighted by atomic mass is 32.2. The van der Waals surface area contributed by atoms with Gasteiger partial charge in [0.15, 0.2) is 0 Å². The van der Waals surface area contributed by atoms with E-state index in [1.807, 2.05) is 24.3 Å². The van der Waals surface area contributed by atoms with Gasteiger partial charge in [-0.3, -0.25) is 0 Å². The Hall–Kier alpha value is -2.42. The van der Waals surface area contributed by atoms with Gasteiger partial charge >= 0.3 is 5.97 Å². The van der Waals surface area contributed by atoms with Crippen LogP contribution < -0.4 is 4.74 Å². The first kappa shape index (κ1) is 19.3. The summed E-state index contributed by atoms with van der Waals surface area (Å²) in [4.78, 5) is 10.9. The summed E-state index contributed by atoms with van der Waals surface area (Å²) >= 11 is 0. The molecular formula is C19H21NO6S. The summed E-state index contributed by atoms with van der Waals surface area (Å²) in [5, 5.41) is 8.79. The van der Waals surface area contributed by atoms with Crippen LogP contribution in [0, 0.1) is 0 Å². The molecule has 0 amide bonds. The van der Waals surface area contributed by atoms with E-state index in [1.54, 1.807) is 12.1 Å². The van der Waals surface area contributed by atoms with E-state index < -0.39 is 28.6 Å². The SMILES string of the molecule is COc1ccc(S(=O)(=O)N2Cc3ccccc3CC2COCC(=O)O)cc1. The van der Waals surface area contributed by atoms with Crippen LogP contribution in [0.5, 0.6) is 5.75 Å². The molecule has 27 heavy (non-hydrogen) atoms. The lowest BCUT2D eigenvalue weighted by Gasteiger charge is -2.35. The number of carboxylic acid groups (broad SMARTS) is 1. The first-order valence-electron chi connectivity index (χ1n) is 8.44. The molecule has 1 aliphatic heterocycles. The molecule has 0 aliphatic carbocycles. The fraction of sp³-hybridized carbons (Fsp3) is 0.316. The monoisotopic (exact) mass is 391 g/mol. The smallest absolute Gasteiger partial charge is 0.329 e. The standard InChI is InChI=1S/C19H21NO6S/c1-25-17-6-8-18(9-7-17)27(23,24)20-11-15-5-3-2-4-14(15)10-16(20)12-26-13-19(21)22/h2-9,16H,10-13H2,1H3,(H,21,22). The van der Waals surface area contributed by atoms with Gasteiger partial charge in [-0.05, 0) is 41.8 Å². The molecule has 0 aromatic heterocycles. The molecule has 0 saturated heterocycles. The van der Waals surface area contributed by atoms with Crippen molar-refractivity contribution in [3.05, 3.63) is 59.7 Å². The minimum absolute atomic E-state index is 0.00994. The molecule has 1 heterocycles. The Morgan fingerprint density at radius 1 is 1.15 bits per heavy atom. The fourth-order valence-electron chi connectivity index (χ4n) is 3.15. The van der Waals surface area contributed by atoms with E-state index in [1.165, 1.54) is 23.5 Å². The first-order valence-corrected chi connectivity index (χ1v) is 9.88. The minimum atomic E-state index is -3.78. The van der Waals surface area contributed by atoms with Crippen molar-refractivity contribution < 1.29 is 27.8 Å². The average Bonchev–Trinajstić information content (AvgIpc) is 2.67. The number of sulfonamides is 1. The van der Waals surface area contributed by atoms with Crippen molar-refractivity contribution in [2.75, 3.05) is 20.3 Å². The van der Waals surface area contributed by atoms with E-state index in [4.69, 9.17) is 14.6 Å². The van der Waals surface area contributed by atoms with Gasteiger partial charge in [0.1, 0.15) is 12.4 Å². The molecule has 0 radical (unpaired) electrons. The van der Waals surface area contributed by atoms with Crippen LogP contribution in [0.3, 0.4) is 0 Å². The second-order valence-electron chi connectivity index (χ2n) is 6.26. The number of rotatable bonds is 7. The summed E-state index contributed by atoms with van der Waals surface area (Å²) in [6.07, 6.45) is 0.463. The highest BCUT2D eigenvalue weighted by Gasteiger charge is 2.35. The second-order valence-corrected chi connectivity index (χ2v) is 8.15. The van der Waals surface area contributed by atoms with Crippen LogP contribution >= 0.6 is 0 Å². The number of carboxylic acids is 1. The Morgan fingerprint density at radius 2 is 1.81 bits per heavy atom. The van der Waals surface area contributed by atoms with Gasteiger partial charge in [-0.25, -0.2) is 13.2 Å². The van der Waals surface area contributed by atoms with Crippen LogP contribution in [0.4, 0.5) is 0 Å². The van der Waals surface area contributed by atoms with E-state index >= 15 is 0 Å². The third-order valence-electron chi connectivity index (χ3n) is 4.51. The number of hydrogen-bond acceptors (Lipinski definition) is 5. The highest BCUT2D eigenvalue weighted by Crippen LogP contribution is 2.30. The summed E-state index contributed by atoms with van der Waals surface area (Å²) in [7, 11) is -2.26. The molecule has 2 aromatic rings. The van der Waals surface area contributed by atoms with Gasteiger partial charge in [-0.2, -0.15) is 4.31 Å². The third kappa shape index (κ3) is 4.29. The first-order chi connectivity index (χ1) is 12.9. The Balaban J connectivity index is 1.91. The normalized spacial score (nSPS) is 17.3. The fourth-order valence-corrected chi connectivity index (χ4v) is 4.74. The van der Waals surface area contributed by atoms with E-state index in [0.717, 1.165) is 11.1 Å². The van der Waals surface area contributed by atoms with Crippen molar-refractivity contribution >= 4 is 16.0 Å². The maximum atomic E-state index is 13.2. The van der Waals surface area contributed by atoms with E-state index in [-0.39, 0.29) is 18.0 Å². The van der Waals surface area contributed by atoms with Gasteiger partial charge in [-0.1, -0.05) is 24.3 Å². The van der Waals surface area contributed by atoms with Crippen LogP contribution in [0.15, 0.2) is 53.4 Å². The van der Waals surface area contributed by atoms with Gasteiger partial charge in [0.25, 0.3) is 0 Å². The van der Waals surface area contributed by atoms with Crippen molar-refractivity contribution in [1.82, 2.24) is 4.31 Å². The molecular weight excluding hydrogens is 370 g/mol. The maximum Gasteiger partial charge on any atom is 0.329 e. The van der Waals surface area contributed by atoms with Gasteiger partial charge in [0, 0.05) is 6.54 Å². The zero-order valence-electron chi connectivity index (χ0n) is 14.9. The van der Waals surface area contributed by atoms with Crippen molar-refractivity contribution in [2.24, 2.45) is 0 Å². The summed E-state index contributed by atoms with van der Waals surface area (Å²) in [6.45, 7) is -0.240. The molecule has 0 spiro atoms. The number of fused-ring (bicyclic) bond motifs is 1. The van der Waals surface area contributed by atoms with Gasteiger partial charge in [0.05, 0.1) is 24.7 Å². The molecule has 1 aliphatic rings. The summed E-state index contributed by atoms with van der Waals surface area (Å²) in [6, 6.07) is 13.4. The van der Waals surface area contributed by atoms with Crippen molar-refractivity contribution in [3.63, 3.8) is 0 Å². The number of methoxy groups -OCH3 is 1. The molecule has 144 valence electrons. The Kier molecular flexibility index (Phi) is 5.79. The minimum Gasteiger partial charge on any atom is -0.497 e. The zero-order chi connectivity index (χ0) is 19.4. The van der Waals surface area contributed by atoms with Crippen molar-refractivity contribution in [2.45, 2.75) is 23.9 Å². The van der Waals surface area contributed by atoms with Crippen LogP contribution in [0.25, 0.3) is 0 Å². The molecule has 7 nitrogen and oxygen atoms in total. The number of hydrogen-bond donors (Lipinski definition) is 1. The lowest BCUT2D eigenvalue weighted by Crippen LogP contribution is -2.46. The molecule has 1 unspecified atom stereocenters. The van der Waals surface area contributed by atoms with E-state index in [2.05, 4.69) is 0 Å². The number of benzene rings is 2. The molecule has 0 bridgehead atoms. The van der Waals surface area contributed by atoms with Gasteiger partial charge < -0.3 is 14.6 Å². The maximum absolute atomic E-state index is 13.2. The number of aliphatic carboxylic acids is 1. The quantitative estimate of drug-likeness (QED) is 0.775. The molecule has 2 aromatic carbocycles. The molecule has 0 saturated carbocycles. The topological polar surface area (TPSA) is 93.1 Å². The van der Waals surface area contributed by atoms with Crippen LogP contribution in [0.1, 0.15) is 11.1 Å². The predicted octanol–water partition coefficient (Wildman–Crippen LogP) is 1.91. The molecule has 8 heteroatoms. The van der Waals surface area contributed by atoms with Crippen LogP contribution in [-0.4, -0.2) is 50.2 Å². The Bertz CT molecular complexity index is 910. The van der Waals surface area contributed by atoms with Crippen molar-refractivity contribution in [3.8, 4) is 5.75 Å². The predicted molar refractivity (Wildman–Crippen MR) is 98.1 cm³/mol. The molecule has 3 rings (SSSR count). The average molecular weight is 391 g/mol. The summed E-state index contributed by atoms with van der Waals surface area (Å²) in [5.74, 6) is -0.518. The number of ether oxygens (including phenoxy) is 2. The second kappa shape index (κ2) is 8.08. The Labute approximate surface area is 158 Å². The van der Waals surface area contributed by atoms with Crippen LogP contribution in [0.2, 0.25) is 0 Å². The van der Waals surface area contributed by atoms with Crippen LogP contribution in [-0.2, 0) is 32.5 Å². The summed E-state index contributed by atoms with van der Waals surface area (Å²) < 4.78 is 38.1. The lowest BCUT2D eigenvalue weighted by atomic mass is 9.96. The zero-order valence-corrected chi connectivity index (χ0v) is 15.7. The molecule has 1 atom stereocenters. The van der Waals surface area contributed by atoms with E-state index in [9.17, 15) is 13.2 Å². The van der Waals surface area contributed by atoms with Gasteiger partial charge in [-0.15, -0.1) is 0 Å².